The highest BCUT2D eigenvalue weighted by Crippen LogP contribution is 2.52. The van der Waals surface area contributed by atoms with Crippen molar-refractivity contribution in [1.82, 2.24) is 10.3 Å². The van der Waals surface area contributed by atoms with E-state index in [2.05, 4.69) is 47.6 Å². The molecule has 0 amide bonds. The molecule has 74 heavy (non-hydrogen) atoms. The Morgan fingerprint density at radius 2 is 1.59 bits per heavy atom. The maximum atomic E-state index is 16.8. The molecule has 0 saturated heterocycles. The first-order chi connectivity index (χ1) is 35.9. The molecule has 10 rings (SSSR count). The number of Topliss-reactive ketones (excluding diaryl/α,β-unsaturated/α-hetero) is 1. The van der Waals surface area contributed by atoms with E-state index < -0.39 is 40.9 Å². The van der Waals surface area contributed by atoms with E-state index in [9.17, 15) is 25.5 Å². The lowest BCUT2D eigenvalue weighted by molar-refractivity contribution is -0.149. The van der Waals surface area contributed by atoms with E-state index in [1.165, 1.54) is 22.1 Å². The number of hydrogen-bond donors (Lipinski definition) is 6. The van der Waals surface area contributed by atoms with Gasteiger partial charge >= 0.3 is 0 Å². The van der Waals surface area contributed by atoms with E-state index in [0.29, 0.717) is 53.4 Å². The molecule has 2 heterocycles. The molecule has 6 aromatic rings. The number of benzene rings is 5. The zero-order valence-corrected chi connectivity index (χ0v) is 44.8. The van der Waals surface area contributed by atoms with Crippen molar-refractivity contribution in [2.24, 2.45) is 17.8 Å². The summed E-state index contributed by atoms with van der Waals surface area (Å²) in [6, 6.07) is 27.2. The number of carbonyl (C=O) groups excluding carboxylic acids is 1. The van der Waals surface area contributed by atoms with Crippen molar-refractivity contribution in [1.29, 1.82) is 0 Å². The maximum absolute atomic E-state index is 16.8. The van der Waals surface area contributed by atoms with Crippen LogP contribution in [0.1, 0.15) is 128 Å². The molecular weight excluding hydrogens is 965 g/mol. The largest absolute Gasteiger partial charge is 0.670 e. The summed E-state index contributed by atoms with van der Waals surface area (Å²) < 4.78 is 12.6. The van der Waals surface area contributed by atoms with Crippen molar-refractivity contribution in [3.05, 3.63) is 147 Å². The van der Waals surface area contributed by atoms with Gasteiger partial charge in [-0.05, 0) is 170 Å². The molecule has 0 unspecified atom stereocenters. The molecule has 10 nitrogen and oxygen atoms in total. The molecule has 3 aliphatic carbocycles. The minimum atomic E-state index is -1.63. The molecular formula is C62H73N2O8S2-. The van der Waals surface area contributed by atoms with Gasteiger partial charge < -0.3 is 45.3 Å². The lowest BCUT2D eigenvalue weighted by Crippen LogP contribution is -2.61. The minimum Gasteiger partial charge on any atom is -0.670 e. The van der Waals surface area contributed by atoms with E-state index in [0.717, 1.165) is 98.3 Å². The van der Waals surface area contributed by atoms with Crippen LogP contribution in [0.15, 0.2) is 97.3 Å². The number of ketones is 1. The summed E-state index contributed by atoms with van der Waals surface area (Å²) in [7, 11) is 6.95. The number of phenolic OH excluding ortho intramolecular Hbond substituents is 3. The average molecular weight is 1040 g/mol. The van der Waals surface area contributed by atoms with Crippen LogP contribution in [0.5, 0.6) is 28.7 Å². The lowest BCUT2D eigenvalue weighted by Gasteiger charge is -2.50. The summed E-state index contributed by atoms with van der Waals surface area (Å²) in [5, 5.41) is 67.4. The smallest absolute Gasteiger partial charge is 0.164 e. The monoisotopic (exact) mass is 1040 g/mol. The first-order valence-corrected chi connectivity index (χ1v) is 29.6. The topological polar surface area (TPSA) is 163 Å². The van der Waals surface area contributed by atoms with Gasteiger partial charge in [-0.3, -0.25) is 4.79 Å². The van der Waals surface area contributed by atoms with Gasteiger partial charge in [0.05, 0.1) is 30.8 Å². The van der Waals surface area contributed by atoms with E-state index in [4.69, 9.17) is 9.47 Å². The number of rotatable bonds is 11. The van der Waals surface area contributed by atoms with E-state index in [1.54, 1.807) is 59.2 Å². The summed E-state index contributed by atoms with van der Waals surface area (Å²) in [5.41, 5.74) is 6.25. The number of carbonyl (C=O) groups is 1. The fourth-order valence-corrected chi connectivity index (χ4v) is 16.0. The van der Waals surface area contributed by atoms with Gasteiger partial charge in [0.2, 0.25) is 0 Å². The number of ether oxygens (including phenoxy) is 2. The number of aliphatic hydroxyl groups is 2. The number of aromatic nitrogens is 1. The summed E-state index contributed by atoms with van der Waals surface area (Å²) >= 11 is 0. The number of hydrogen-bond acceptors (Lipinski definition) is 11. The highest BCUT2D eigenvalue weighted by molar-refractivity contribution is 8.76. The molecule has 0 spiro atoms. The van der Waals surface area contributed by atoms with Gasteiger partial charge in [0.25, 0.3) is 0 Å². The highest BCUT2D eigenvalue weighted by Gasteiger charge is 2.58. The third-order valence-electron chi connectivity index (χ3n) is 17.5. The van der Waals surface area contributed by atoms with Gasteiger partial charge in [-0.2, -0.15) is 12.4 Å². The maximum Gasteiger partial charge on any atom is 0.164 e. The number of nitrogens with one attached hydrogen (secondary N) is 1. The van der Waals surface area contributed by atoms with Crippen LogP contribution in [0.3, 0.4) is 0 Å². The number of methoxy groups -OCH3 is 1. The second-order valence-corrected chi connectivity index (χ2v) is 24.3. The molecule has 1 aliphatic heterocycles. The second kappa shape index (κ2) is 22.6. The van der Waals surface area contributed by atoms with Crippen molar-refractivity contribution in [3.63, 3.8) is 0 Å². The second-order valence-electron chi connectivity index (χ2n) is 21.8. The van der Waals surface area contributed by atoms with Crippen molar-refractivity contribution < 1.29 is 39.8 Å². The van der Waals surface area contributed by atoms with Crippen molar-refractivity contribution in [3.8, 4) is 28.7 Å². The quantitative estimate of drug-likeness (QED) is 0.0682. The predicted octanol–water partition coefficient (Wildman–Crippen LogP) is 11.6. The van der Waals surface area contributed by atoms with Gasteiger partial charge in [0.1, 0.15) is 5.75 Å². The van der Waals surface area contributed by atoms with E-state index >= 15 is 4.79 Å². The molecule has 6 N–H and O–H groups in total. The molecule has 392 valence electrons. The predicted molar refractivity (Wildman–Crippen MR) is 297 cm³/mol. The van der Waals surface area contributed by atoms with Crippen molar-refractivity contribution in [2.75, 3.05) is 19.9 Å². The molecule has 0 radical (unpaired) electrons. The Morgan fingerprint density at radius 1 is 0.811 bits per heavy atom. The number of aryl methyl sites for hydroxylation is 1. The summed E-state index contributed by atoms with van der Waals surface area (Å²) in [4.78, 5) is 21.3. The Morgan fingerprint density at radius 3 is 2.35 bits per heavy atom. The summed E-state index contributed by atoms with van der Waals surface area (Å²) in [6.45, 7) is 2.17. The van der Waals surface area contributed by atoms with Crippen LogP contribution in [0.4, 0.5) is 0 Å². The molecule has 12 heteroatoms. The molecule has 6 atom stereocenters. The first-order valence-electron chi connectivity index (χ1n) is 27.1. The lowest BCUT2D eigenvalue weighted by atomic mass is 9.55. The number of fused-ring (bicyclic) bond motifs is 2. The molecule has 1 aromatic heterocycles. The van der Waals surface area contributed by atoms with Crippen LogP contribution in [0.25, 0.3) is 10.8 Å². The number of aliphatic hydroxyl groups excluding tert-OH is 2. The van der Waals surface area contributed by atoms with Crippen molar-refractivity contribution in [2.45, 2.75) is 145 Å². The molecule has 4 aliphatic rings. The van der Waals surface area contributed by atoms with Gasteiger partial charge in [0, 0.05) is 34.9 Å². The Balaban J connectivity index is 1.14. The Labute approximate surface area is 444 Å². The molecule has 5 aromatic carbocycles. The van der Waals surface area contributed by atoms with Gasteiger partial charge in [-0.1, -0.05) is 114 Å². The molecule has 0 bridgehead atoms. The highest BCUT2D eigenvalue weighted by atomic mass is 33.1. The van der Waals surface area contributed by atoms with Gasteiger partial charge in [-0.25, -0.2) is 0 Å². The molecule has 3 saturated carbocycles. The zero-order chi connectivity index (χ0) is 51.6. The van der Waals surface area contributed by atoms with E-state index in [-0.39, 0.29) is 42.0 Å². The standard InChI is InChI=1S/C62H73N2O8S2/c1-4-40-17-18-41-12-11-13-43-36-73-74-37-45-29-55(68)62(34-38-16-20-52(66)54(27-38)72-49-14-7-5-8-15-49,47-30-46(31-48(65)32-47)61(63-2)23-9-6-10-24-61)60(70)57(45)58(69)44(26-39-22-25-64-35-39)28-42-19-21-53(67)59(71-3)51(42)33-50(40)56(41)43/h11-13,16-22,25,27,30-32,35,44-45,49,55,57-58,63,65-69H,4-10,14-15,23-24,26,28-29,33-34,36-37H2,1-3H3/q-1/t44-,45+,55+,57-,58+,62+/m1/s1. The third-order valence-corrected chi connectivity index (χ3v) is 19.9. The van der Waals surface area contributed by atoms with Crippen LogP contribution in [0, 0.1) is 17.8 Å². The normalized spacial score (nSPS) is 24.8. The summed E-state index contributed by atoms with van der Waals surface area (Å²) in [6.07, 6.45) is 13.3. The van der Waals surface area contributed by atoms with Crippen LogP contribution < -0.4 is 19.8 Å². The molecule has 3 fully saturated rings. The number of phenols is 3. The van der Waals surface area contributed by atoms with Crippen LogP contribution in [0.2, 0.25) is 0 Å². The Bertz CT molecular complexity index is 2930. The van der Waals surface area contributed by atoms with Gasteiger partial charge in [0.15, 0.2) is 28.8 Å². The van der Waals surface area contributed by atoms with Crippen molar-refractivity contribution >= 4 is 38.1 Å². The third kappa shape index (κ3) is 10.3. The van der Waals surface area contributed by atoms with Crippen LogP contribution in [-0.4, -0.2) is 69.5 Å². The minimum absolute atomic E-state index is 0.0124. The Hall–Kier alpha value is -5.11. The fraction of sp³-hybridized carbons (Fsp3) is 0.468. The summed E-state index contributed by atoms with van der Waals surface area (Å²) in [5.74, 6) is -0.189. The van der Waals surface area contributed by atoms with Crippen LogP contribution in [-0.2, 0) is 53.6 Å². The first kappa shape index (κ1) is 52.3. The SMILES string of the molecule is CCc1ccc2cccc3c2c1Cc1c(ccc(O)c1OC)C[C@@H](Cc1cc[n-]c1)[C@H](O)[C@@H]1C(=O)[C@@](Cc2ccc(O)c(OC4CCCCC4)c2)(c2cc(O)cc(C4(NC)CCCCC4)c2)[C@@H](O)C[C@H]1CSSC3. The number of nitrogens with zero attached hydrogens (tertiary/aromatic N) is 1. The van der Waals surface area contributed by atoms with E-state index in [1.807, 2.05) is 43.6 Å². The Kier molecular flexibility index (Phi) is 16.0. The average Bonchev–Trinajstić information content (AvgIpc) is 3.94. The number of aromatic hydroxyl groups is 3. The van der Waals surface area contributed by atoms with Gasteiger partial charge in [-0.15, -0.1) is 0 Å². The zero-order valence-electron chi connectivity index (χ0n) is 43.2. The van der Waals surface area contributed by atoms with Crippen LogP contribution >= 0.6 is 21.6 Å². The fourth-order valence-electron chi connectivity index (χ4n) is 13.5.